The predicted octanol–water partition coefficient (Wildman–Crippen LogP) is 1.69. The van der Waals surface area contributed by atoms with E-state index < -0.39 is 5.54 Å². The van der Waals surface area contributed by atoms with Crippen LogP contribution in [0.1, 0.15) is 28.8 Å². The number of carbonyl (C=O) groups is 1. The van der Waals surface area contributed by atoms with Gasteiger partial charge >= 0.3 is 0 Å². The Morgan fingerprint density at radius 3 is 2.67 bits per heavy atom. The molecule has 2 rings (SSSR count). The molecule has 98 valence electrons. The zero-order valence-electron chi connectivity index (χ0n) is 10.9. The van der Waals surface area contributed by atoms with Crippen LogP contribution in [0.15, 0.2) is 18.2 Å². The van der Waals surface area contributed by atoms with Crippen LogP contribution in [0.2, 0.25) is 0 Å². The van der Waals surface area contributed by atoms with Gasteiger partial charge in [-0.05, 0) is 31.9 Å². The standard InChI is InChI=1S/C14H19NO3/c1-10-3-4-12(17-2)11(9-10)13(16)14(15)5-7-18-8-6-14/h3-4,9H,5-8,15H2,1-2H3. The summed E-state index contributed by atoms with van der Waals surface area (Å²) in [7, 11) is 1.56. The molecule has 0 bridgehead atoms. The number of aryl methyl sites for hydroxylation is 1. The number of nitrogens with two attached hydrogens (primary N) is 1. The van der Waals surface area contributed by atoms with E-state index in [1.54, 1.807) is 7.11 Å². The molecule has 0 radical (unpaired) electrons. The van der Waals surface area contributed by atoms with Crippen molar-refractivity contribution in [2.24, 2.45) is 5.73 Å². The first kappa shape index (κ1) is 13.1. The summed E-state index contributed by atoms with van der Waals surface area (Å²) in [4.78, 5) is 12.6. The Morgan fingerprint density at radius 2 is 2.06 bits per heavy atom. The van der Waals surface area contributed by atoms with Crippen molar-refractivity contribution in [3.63, 3.8) is 0 Å². The van der Waals surface area contributed by atoms with Gasteiger partial charge in [0, 0.05) is 13.2 Å². The average Bonchev–Trinajstić information content (AvgIpc) is 2.38. The van der Waals surface area contributed by atoms with Crippen molar-refractivity contribution < 1.29 is 14.3 Å². The van der Waals surface area contributed by atoms with Crippen molar-refractivity contribution in [2.45, 2.75) is 25.3 Å². The Morgan fingerprint density at radius 1 is 1.39 bits per heavy atom. The Labute approximate surface area is 107 Å². The van der Waals surface area contributed by atoms with Gasteiger partial charge in [0.2, 0.25) is 0 Å². The molecule has 0 spiro atoms. The van der Waals surface area contributed by atoms with Crippen LogP contribution < -0.4 is 10.5 Å². The van der Waals surface area contributed by atoms with Gasteiger partial charge in [0.15, 0.2) is 5.78 Å². The first-order chi connectivity index (χ1) is 8.57. The van der Waals surface area contributed by atoms with E-state index in [-0.39, 0.29) is 5.78 Å². The molecule has 0 atom stereocenters. The first-order valence-corrected chi connectivity index (χ1v) is 6.13. The molecule has 0 aliphatic carbocycles. The molecule has 1 fully saturated rings. The van der Waals surface area contributed by atoms with Crippen molar-refractivity contribution >= 4 is 5.78 Å². The number of rotatable bonds is 3. The highest BCUT2D eigenvalue weighted by Gasteiger charge is 2.37. The third kappa shape index (κ3) is 2.40. The Kier molecular flexibility index (Phi) is 3.68. The van der Waals surface area contributed by atoms with Gasteiger partial charge in [-0.2, -0.15) is 0 Å². The summed E-state index contributed by atoms with van der Waals surface area (Å²) in [6.45, 7) is 3.02. The number of hydrogen-bond acceptors (Lipinski definition) is 4. The van der Waals surface area contributed by atoms with Crippen molar-refractivity contribution in [1.82, 2.24) is 0 Å². The highest BCUT2D eigenvalue weighted by Crippen LogP contribution is 2.28. The van der Waals surface area contributed by atoms with E-state index in [1.807, 2.05) is 25.1 Å². The second-order valence-electron chi connectivity index (χ2n) is 4.80. The number of carbonyl (C=O) groups excluding carboxylic acids is 1. The quantitative estimate of drug-likeness (QED) is 0.828. The van der Waals surface area contributed by atoms with Crippen LogP contribution in [0.5, 0.6) is 5.75 Å². The minimum absolute atomic E-state index is 0.0497. The second kappa shape index (κ2) is 5.08. The SMILES string of the molecule is COc1ccc(C)cc1C(=O)C1(N)CCOCC1. The van der Waals surface area contributed by atoms with E-state index in [2.05, 4.69) is 0 Å². The maximum absolute atomic E-state index is 12.6. The minimum Gasteiger partial charge on any atom is -0.496 e. The predicted molar refractivity (Wildman–Crippen MR) is 69.0 cm³/mol. The summed E-state index contributed by atoms with van der Waals surface area (Å²) in [6, 6.07) is 5.57. The maximum atomic E-state index is 12.6. The molecule has 4 heteroatoms. The number of ether oxygens (including phenoxy) is 2. The van der Waals surface area contributed by atoms with Crippen LogP contribution in [0, 0.1) is 6.92 Å². The third-order valence-electron chi connectivity index (χ3n) is 3.44. The number of benzene rings is 1. The van der Waals surface area contributed by atoms with Crippen LogP contribution in [0.25, 0.3) is 0 Å². The zero-order valence-corrected chi connectivity index (χ0v) is 10.9. The molecule has 0 amide bonds. The smallest absolute Gasteiger partial charge is 0.186 e. The molecule has 1 saturated heterocycles. The summed E-state index contributed by atoms with van der Waals surface area (Å²) >= 11 is 0. The van der Waals surface area contributed by atoms with Gasteiger partial charge in [-0.15, -0.1) is 0 Å². The molecular formula is C14H19NO3. The van der Waals surface area contributed by atoms with E-state index in [9.17, 15) is 4.79 Å². The van der Waals surface area contributed by atoms with Gasteiger partial charge < -0.3 is 15.2 Å². The van der Waals surface area contributed by atoms with Crippen molar-refractivity contribution in [1.29, 1.82) is 0 Å². The van der Waals surface area contributed by atoms with E-state index in [0.29, 0.717) is 37.4 Å². The molecule has 1 aliphatic rings. The van der Waals surface area contributed by atoms with E-state index in [4.69, 9.17) is 15.2 Å². The molecule has 2 N–H and O–H groups in total. The highest BCUT2D eigenvalue weighted by molar-refractivity contribution is 6.05. The second-order valence-corrected chi connectivity index (χ2v) is 4.80. The van der Waals surface area contributed by atoms with Gasteiger partial charge in [-0.3, -0.25) is 4.79 Å². The molecule has 0 aromatic heterocycles. The normalized spacial score (nSPS) is 18.4. The van der Waals surface area contributed by atoms with Crippen LogP contribution in [-0.2, 0) is 4.74 Å². The van der Waals surface area contributed by atoms with E-state index in [1.165, 1.54) is 0 Å². The third-order valence-corrected chi connectivity index (χ3v) is 3.44. The molecule has 1 heterocycles. The van der Waals surface area contributed by atoms with Crippen LogP contribution in [0.3, 0.4) is 0 Å². The molecule has 0 saturated carbocycles. The van der Waals surface area contributed by atoms with Crippen LogP contribution >= 0.6 is 0 Å². The summed E-state index contributed by atoms with van der Waals surface area (Å²) in [5.74, 6) is 0.535. The van der Waals surface area contributed by atoms with Crippen LogP contribution in [0.4, 0.5) is 0 Å². The van der Waals surface area contributed by atoms with Gasteiger partial charge in [0.25, 0.3) is 0 Å². The number of Topliss-reactive ketones (excluding diaryl/α,β-unsaturated/α-hetero) is 1. The van der Waals surface area contributed by atoms with Crippen molar-refractivity contribution in [3.05, 3.63) is 29.3 Å². The summed E-state index contributed by atoms with van der Waals surface area (Å²) in [5, 5.41) is 0. The molecule has 1 aromatic rings. The fraction of sp³-hybridized carbons (Fsp3) is 0.500. The van der Waals surface area contributed by atoms with Crippen LogP contribution in [-0.4, -0.2) is 31.6 Å². The van der Waals surface area contributed by atoms with E-state index in [0.717, 1.165) is 5.56 Å². The van der Waals surface area contributed by atoms with Gasteiger partial charge in [-0.25, -0.2) is 0 Å². The molecule has 1 aromatic carbocycles. The maximum Gasteiger partial charge on any atom is 0.186 e. The first-order valence-electron chi connectivity index (χ1n) is 6.13. The highest BCUT2D eigenvalue weighted by atomic mass is 16.5. The number of hydrogen-bond donors (Lipinski definition) is 1. The van der Waals surface area contributed by atoms with Gasteiger partial charge in [0.05, 0.1) is 18.2 Å². The number of methoxy groups -OCH3 is 1. The Balaban J connectivity index is 2.35. The van der Waals surface area contributed by atoms with Crippen molar-refractivity contribution in [3.8, 4) is 5.75 Å². The zero-order chi connectivity index (χ0) is 13.2. The Hall–Kier alpha value is -1.39. The van der Waals surface area contributed by atoms with E-state index >= 15 is 0 Å². The summed E-state index contributed by atoms with van der Waals surface area (Å²) < 4.78 is 10.5. The average molecular weight is 249 g/mol. The summed E-state index contributed by atoms with van der Waals surface area (Å²) in [6.07, 6.45) is 1.12. The lowest BCUT2D eigenvalue weighted by Gasteiger charge is -2.32. The molecule has 0 unspecified atom stereocenters. The Bertz CT molecular complexity index is 450. The monoisotopic (exact) mass is 249 g/mol. The van der Waals surface area contributed by atoms with Gasteiger partial charge in [-0.1, -0.05) is 11.6 Å². The fourth-order valence-electron chi connectivity index (χ4n) is 2.23. The largest absolute Gasteiger partial charge is 0.496 e. The molecule has 4 nitrogen and oxygen atoms in total. The minimum atomic E-state index is -0.820. The lowest BCUT2D eigenvalue weighted by molar-refractivity contribution is 0.0446. The lowest BCUT2D eigenvalue weighted by atomic mass is 9.83. The number of ketones is 1. The van der Waals surface area contributed by atoms with Crippen molar-refractivity contribution in [2.75, 3.05) is 20.3 Å². The summed E-state index contributed by atoms with van der Waals surface area (Å²) in [5.41, 5.74) is 7.00. The van der Waals surface area contributed by atoms with Gasteiger partial charge in [0.1, 0.15) is 5.75 Å². The fourth-order valence-corrected chi connectivity index (χ4v) is 2.23. The lowest BCUT2D eigenvalue weighted by Crippen LogP contribution is -2.52. The molecule has 18 heavy (non-hydrogen) atoms. The molecular weight excluding hydrogens is 230 g/mol. The topological polar surface area (TPSA) is 61.5 Å². The molecule has 1 aliphatic heterocycles.